The van der Waals surface area contributed by atoms with E-state index in [0.717, 1.165) is 12.3 Å². The van der Waals surface area contributed by atoms with Gasteiger partial charge in [-0.25, -0.2) is 4.98 Å². The molecule has 0 atom stereocenters. The maximum absolute atomic E-state index is 8.60. The summed E-state index contributed by atoms with van der Waals surface area (Å²) in [5.74, 6) is 1.44. The number of aliphatic hydroxyl groups excluding tert-OH is 1. The summed E-state index contributed by atoms with van der Waals surface area (Å²) in [5, 5.41) is 8.60. The van der Waals surface area contributed by atoms with Crippen LogP contribution in [0.1, 0.15) is 11.7 Å². The second-order valence-electron chi connectivity index (χ2n) is 2.93. The van der Waals surface area contributed by atoms with Gasteiger partial charge in [0.1, 0.15) is 5.76 Å². The number of hydrogen-bond acceptors (Lipinski definition) is 4. The Morgan fingerprint density at radius 1 is 1.58 bits per heavy atom. The molecule has 4 heteroatoms. The first-order valence-electron chi connectivity index (χ1n) is 3.91. The molecule has 1 aromatic heterocycles. The summed E-state index contributed by atoms with van der Waals surface area (Å²) in [4.78, 5) is 6.01. The van der Waals surface area contributed by atoms with E-state index in [1.807, 2.05) is 19.0 Å². The molecule has 1 rings (SSSR count). The van der Waals surface area contributed by atoms with Crippen LogP contribution in [0.5, 0.6) is 0 Å². The molecular formula is C8H14N2O2. The lowest BCUT2D eigenvalue weighted by molar-refractivity contribution is 0.278. The van der Waals surface area contributed by atoms with Gasteiger partial charge >= 0.3 is 0 Å². The van der Waals surface area contributed by atoms with Gasteiger partial charge in [-0.15, -0.1) is 0 Å². The SMILES string of the molecule is CN(C)Cc1cnc(CCO)o1. The molecule has 0 saturated heterocycles. The van der Waals surface area contributed by atoms with E-state index < -0.39 is 0 Å². The number of aliphatic hydroxyl groups is 1. The van der Waals surface area contributed by atoms with Gasteiger partial charge in [0.15, 0.2) is 5.89 Å². The standard InChI is InChI=1S/C8H14N2O2/c1-10(2)6-7-5-9-8(12-7)3-4-11/h5,11H,3-4,6H2,1-2H3. The van der Waals surface area contributed by atoms with Gasteiger partial charge in [0.05, 0.1) is 19.3 Å². The van der Waals surface area contributed by atoms with E-state index in [0.29, 0.717) is 12.3 Å². The Balaban J connectivity index is 2.52. The van der Waals surface area contributed by atoms with Gasteiger partial charge in [-0.1, -0.05) is 0 Å². The van der Waals surface area contributed by atoms with Gasteiger partial charge in [0.2, 0.25) is 0 Å². The Hall–Kier alpha value is -0.870. The molecule has 0 bridgehead atoms. The third kappa shape index (κ3) is 2.64. The van der Waals surface area contributed by atoms with Crippen molar-refractivity contribution in [3.8, 4) is 0 Å². The van der Waals surface area contributed by atoms with Crippen molar-refractivity contribution in [2.45, 2.75) is 13.0 Å². The third-order valence-corrected chi connectivity index (χ3v) is 1.40. The van der Waals surface area contributed by atoms with Gasteiger partial charge in [0.25, 0.3) is 0 Å². The summed E-state index contributed by atoms with van der Waals surface area (Å²) >= 11 is 0. The van der Waals surface area contributed by atoms with Crippen LogP contribution in [-0.4, -0.2) is 35.7 Å². The van der Waals surface area contributed by atoms with E-state index in [2.05, 4.69) is 4.98 Å². The molecule has 1 heterocycles. The van der Waals surface area contributed by atoms with Gasteiger partial charge in [-0.05, 0) is 14.1 Å². The average Bonchev–Trinajstić information content (AvgIpc) is 2.36. The molecule has 4 nitrogen and oxygen atoms in total. The largest absolute Gasteiger partial charge is 0.444 e. The van der Waals surface area contributed by atoms with Gasteiger partial charge < -0.3 is 14.4 Å². The molecule has 68 valence electrons. The Kier molecular flexibility index (Phi) is 3.25. The maximum atomic E-state index is 8.60. The van der Waals surface area contributed by atoms with Crippen molar-refractivity contribution in [3.63, 3.8) is 0 Å². The number of hydrogen-bond donors (Lipinski definition) is 1. The molecule has 0 amide bonds. The highest BCUT2D eigenvalue weighted by atomic mass is 16.4. The minimum atomic E-state index is 0.0852. The fraction of sp³-hybridized carbons (Fsp3) is 0.625. The monoisotopic (exact) mass is 170 g/mol. The van der Waals surface area contributed by atoms with E-state index >= 15 is 0 Å². The minimum absolute atomic E-state index is 0.0852. The molecular weight excluding hydrogens is 156 g/mol. The van der Waals surface area contributed by atoms with Crippen LogP contribution in [0.25, 0.3) is 0 Å². The molecule has 12 heavy (non-hydrogen) atoms. The van der Waals surface area contributed by atoms with Crippen LogP contribution >= 0.6 is 0 Å². The maximum Gasteiger partial charge on any atom is 0.196 e. The minimum Gasteiger partial charge on any atom is -0.444 e. The van der Waals surface area contributed by atoms with Crippen LogP contribution in [0.4, 0.5) is 0 Å². The summed E-state index contributed by atoms with van der Waals surface area (Å²) in [6.07, 6.45) is 2.19. The molecule has 0 radical (unpaired) electrons. The Bertz CT molecular complexity index is 233. The highest BCUT2D eigenvalue weighted by Crippen LogP contribution is 2.05. The zero-order valence-corrected chi connectivity index (χ0v) is 7.45. The lowest BCUT2D eigenvalue weighted by Crippen LogP contribution is -2.09. The van der Waals surface area contributed by atoms with Crippen molar-refractivity contribution < 1.29 is 9.52 Å². The predicted octanol–water partition coefficient (Wildman–Crippen LogP) is 0.271. The number of rotatable bonds is 4. The van der Waals surface area contributed by atoms with Crippen LogP contribution in [0.15, 0.2) is 10.6 Å². The molecule has 0 aliphatic heterocycles. The smallest absolute Gasteiger partial charge is 0.196 e. The summed E-state index contributed by atoms with van der Waals surface area (Å²) in [5.41, 5.74) is 0. The summed E-state index contributed by atoms with van der Waals surface area (Å²) in [6.45, 7) is 0.834. The molecule has 0 unspecified atom stereocenters. The Morgan fingerprint density at radius 3 is 2.92 bits per heavy atom. The topological polar surface area (TPSA) is 49.5 Å². The second kappa shape index (κ2) is 4.23. The fourth-order valence-electron chi connectivity index (χ4n) is 0.944. The van der Waals surface area contributed by atoms with Crippen LogP contribution in [-0.2, 0) is 13.0 Å². The molecule has 0 fully saturated rings. The lowest BCUT2D eigenvalue weighted by atomic mass is 10.5. The van der Waals surface area contributed by atoms with Crippen LogP contribution < -0.4 is 0 Å². The van der Waals surface area contributed by atoms with Crippen molar-refractivity contribution in [1.29, 1.82) is 0 Å². The van der Waals surface area contributed by atoms with E-state index in [9.17, 15) is 0 Å². The number of aromatic nitrogens is 1. The molecule has 0 aromatic carbocycles. The zero-order chi connectivity index (χ0) is 8.97. The zero-order valence-electron chi connectivity index (χ0n) is 7.45. The number of nitrogens with zero attached hydrogens (tertiary/aromatic N) is 2. The summed E-state index contributed by atoms with van der Waals surface area (Å²) in [7, 11) is 3.93. The van der Waals surface area contributed by atoms with Gasteiger partial charge in [-0.3, -0.25) is 0 Å². The van der Waals surface area contributed by atoms with Gasteiger partial charge in [-0.2, -0.15) is 0 Å². The van der Waals surface area contributed by atoms with E-state index in [4.69, 9.17) is 9.52 Å². The summed E-state index contributed by atoms with van der Waals surface area (Å²) < 4.78 is 5.32. The van der Waals surface area contributed by atoms with Crippen LogP contribution in [0.3, 0.4) is 0 Å². The quantitative estimate of drug-likeness (QED) is 0.704. The fourth-order valence-corrected chi connectivity index (χ4v) is 0.944. The van der Waals surface area contributed by atoms with Crippen molar-refractivity contribution in [2.24, 2.45) is 0 Å². The Morgan fingerprint density at radius 2 is 2.33 bits per heavy atom. The predicted molar refractivity (Wildman–Crippen MR) is 44.7 cm³/mol. The van der Waals surface area contributed by atoms with Gasteiger partial charge in [0, 0.05) is 6.42 Å². The van der Waals surface area contributed by atoms with Crippen molar-refractivity contribution in [2.75, 3.05) is 20.7 Å². The first kappa shape index (κ1) is 9.22. The van der Waals surface area contributed by atoms with Crippen molar-refractivity contribution >= 4 is 0 Å². The molecule has 0 saturated carbocycles. The third-order valence-electron chi connectivity index (χ3n) is 1.40. The van der Waals surface area contributed by atoms with Crippen molar-refractivity contribution in [3.05, 3.63) is 17.8 Å². The molecule has 0 aliphatic carbocycles. The van der Waals surface area contributed by atoms with Crippen molar-refractivity contribution in [1.82, 2.24) is 9.88 Å². The van der Waals surface area contributed by atoms with Crippen LogP contribution in [0, 0.1) is 0 Å². The lowest BCUT2D eigenvalue weighted by Gasteiger charge is -2.04. The first-order chi connectivity index (χ1) is 5.72. The van der Waals surface area contributed by atoms with Crippen LogP contribution in [0.2, 0.25) is 0 Å². The molecule has 0 aliphatic rings. The second-order valence-corrected chi connectivity index (χ2v) is 2.93. The molecule has 1 N–H and O–H groups in total. The van der Waals surface area contributed by atoms with E-state index in [1.165, 1.54) is 0 Å². The number of oxazole rings is 1. The first-order valence-corrected chi connectivity index (χ1v) is 3.91. The molecule has 0 spiro atoms. The molecule has 1 aromatic rings. The highest BCUT2D eigenvalue weighted by Gasteiger charge is 2.03. The average molecular weight is 170 g/mol. The highest BCUT2D eigenvalue weighted by molar-refractivity contribution is 4.93. The van der Waals surface area contributed by atoms with E-state index in [1.54, 1.807) is 6.20 Å². The van der Waals surface area contributed by atoms with E-state index in [-0.39, 0.29) is 6.61 Å². The summed E-state index contributed by atoms with van der Waals surface area (Å²) in [6, 6.07) is 0. The Labute approximate surface area is 71.8 Å². The normalized spacial score (nSPS) is 11.0.